The Morgan fingerprint density at radius 3 is 2.78 bits per heavy atom. The molecule has 0 saturated carbocycles. The van der Waals surface area contributed by atoms with E-state index in [4.69, 9.17) is 0 Å². The van der Waals surface area contributed by atoms with Gasteiger partial charge in [-0.05, 0) is 48.9 Å². The van der Waals surface area contributed by atoms with Crippen molar-refractivity contribution in [3.05, 3.63) is 35.0 Å². The standard InChI is InChI=1S/C18H23N3O2/c1-10(2)17(22)20-21-18(23)12-5-7-16-14(9-12)13-8-11(3)4-6-15(13)19-16/h5,7,9-11,19H,4,6,8H2,1-3H3,(H,20,22)(H,21,23). The van der Waals surface area contributed by atoms with Crippen LogP contribution in [-0.4, -0.2) is 16.8 Å². The normalized spacial score (nSPS) is 17.1. The van der Waals surface area contributed by atoms with Gasteiger partial charge in [-0.25, -0.2) is 0 Å². The van der Waals surface area contributed by atoms with Gasteiger partial charge < -0.3 is 4.98 Å². The van der Waals surface area contributed by atoms with Crippen LogP contribution in [0.15, 0.2) is 18.2 Å². The molecule has 2 aromatic rings. The smallest absolute Gasteiger partial charge is 0.269 e. The van der Waals surface area contributed by atoms with Gasteiger partial charge in [0.1, 0.15) is 0 Å². The lowest BCUT2D eigenvalue weighted by molar-refractivity contribution is -0.124. The molecular formula is C18H23N3O2. The van der Waals surface area contributed by atoms with Gasteiger partial charge in [0, 0.05) is 28.1 Å². The lowest BCUT2D eigenvalue weighted by Crippen LogP contribution is -2.43. The van der Waals surface area contributed by atoms with Crippen molar-refractivity contribution in [1.82, 2.24) is 15.8 Å². The van der Waals surface area contributed by atoms with Gasteiger partial charge >= 0.3 is 0 Å². The topological polar surface area (TPSA) is 74.0 Å². The molecule has 3 rings (SSSR count). The van der Waals surface area contributed by atoms with Crippen molar-refractivity contribution in [2.75, 3.05) is 0 Å². The van der Waals surface area contributed by atoms with Crippen LogP contribution in [-0.2, 0) is 17.6 Å². The number of hydrogen-bond donors (Lipinski definition) is 3. The van der Waals surface area contributed by atoms with Crippen LogP contribution in [0.1, 0.15) is 48.8 Å². The first-order valence-corrected chi connectivity index (χ1v) is 8.19. The molecule has 2 amide bonds. The molecule has 0 radical (unpaired) electrons. The number of amides is 2. The Bertz CT molecular complexity index is 761. The van der Waals surface area contributed by atoms with Crippen molar-refractivity contribution in [3.63, 3.8) is 0 Å². The highest BCUT2D eigenvalue weighted by Crippen LogP contribution is 2.32. The predicted molar refractivity (Wildman–Crippen MR) is 89.9 cm³/mol. The number of rotatable bonds is 2. The van der Waals surface area contributed by atoms with Gasteiger partial charge in [0.2, 0.25) is 5.91 Å². The van der Waals surface area contributed by atoms with Gasteiger partial charge in [0.15, 0.2) is 0 Å². The number of fused-ring (bicyclic) bond motifs is 3. The van der Waals surface area contributed by atoms with Crippen LogP contribution in [0.3, 0.4) is 0 Å². The third-order valence-corrected chi connectivity index (χ3v) is 4.52. The summed E-state index contributed by atoms with van der Waals surface area (Å²) < 4.78 is 0. The van der Waals surface area contributed by atoms with E-state index in [1.165, 1.54) is 17.7 Å². The highest BCUT2D eigenvalue weighted by molar-refractivity contribution is 5.99. The van der Waals surface area contributed by atoms with Gasteiger partial charge in [-0.2, -0.15) is 0 Å². The van der Waals surface area contributed by atoms with Crippen molar-refractivity contribution < 1.29 is 9.59 Å². The van der Waals surface area contributed by atoms with Crippen LogP contribution in [0.4, 0.5) is 0 Å². The van der Waals surface area contributed by atoms with Crippen LogP contribution >= 0.6 is 0 Å². The fourth-order valence-electron chi connectivity index (χ4n) is 3.07. The molecular weight excluding hydrogens is 290 g/mol. The van der Waals surface area contributed by atoms with Crippen LogP contribution < -0.4 is 10.9 Å². The number of H-pyrrole nitrogens is 1. The van der Waals surface area contributed by atoms with E-state index in [0.717, 1.165) is 23.7 Å². The van der Waals surface area contributed by atoms with Crippen LogP contribution in [0, 0.1) is 11.8 Å². The van der Waals surface area contributed by atoms with E-state index in [1.54, 1.807) is 19.9 Å². The van der Waals surface area contributed by atoms with Gasteiger partial charge in [-0.1, -0.05) is 20.8 Å². The molecule has 0 spiro atoms. The van der Waals surface area contributed by atoms with E-state index in [1.807, 2.05) is 12.1 Å². The van der Waals surface area contributed by atoms with Crippen LogP contribution in [0.25, 0.3) is 10.9 Å². The Morgan fingerprint density at radius 1 is 1.26 bits per heavy atom. The highest BCUT2D eigenvalue weighted by atomic mass is 16.2. The first-order chi connectivity index (χ1) is 11.0. The second-order valence-electron chi connectivity index (χ2n) is 6.79. The highest BCUT2D eigenvalue weighted by Gasteiger charge is 2.20. The first kappa shape index (κ1) is 15.6. The minimum atomic E-state index is -0.292. The molecule has 5 nitrogen and oxygen atoms in total. The second kappa shape index (κ2) is 6.07. The summed E-state index contributed by atoms with van der Waals surface area (Å²) in [6.45, 7) is 5.82. The molecule has 0 aliphatic heterocycles. The second-order valence-corrected chi connectivity index (χ2v) is 6.79. The molecule has 0 saturated heterocycles. The molecule has 1 heterocycles. The van der Waals surface area contributed by atoms with E-state index in [-0.39, 0.29) is 17.7 Å². The average molecular weight is 313 g/mol. The van der Waals surface area contributed by atoms with Gasteiger partial charge in [-0.3, -0.25) is 20.4 Å². The number of hydrogen-bond acceptors (Lipinski definition) is 2. The third-order valence-electron chi connectivity index (χ3n) is 4.52. The number of carbonyl (C=O) groups excluding carboxylic acids is 2. The minimum absolute atomic E-state index is 0.170. The zero-order chi connectivity index (χ0) is 16.6. The maximum absolute atomic E-state index is 12.2. The molecule has 23 heavy (non-hydrogen) atoms. The summed E-state index contributed by atoms with van der Waals surface area (Å²) in [6.07, 6.45) is 3.32. The Hall–Kier alpha value is -2.30. The zero-order valence-electron chi connectivity index (χ0n) is 13.8. The number of aromatic amines is 1. The van der Waals surface area contributed by atoms with E-state index < -0.39 is 0 Å². The Morgan fingerprint density at radius 2 is 2.04 bits per heavy atom. The fraction of sp³-hybridized carbons (Fsp3) is 0.444. The summed E-state index contributed by atoms with van der Waals surface area (Å²) in [4.78, 5) is 27.2. The molecule has 1 aliphatic carbocycles. The van der Waals surface area contributed by atoms with Gasteiger partial charge in [0.05, 0.1) is 0 Å². The lowest BCUT2D eigenvalue weighted by atomic mass is 9.87. The summed E-state index contributed by atoms with van der Waals surface area (Å²) in [7, 11) is 0. The van der Waals surface area contributed by atoms with Crippen molar-refractivity contribution in [2.24, 2.45) is 11.8 Å². The van der Waals surface area contributed by atoms with E-state index in [9.17, 15) is 9.59 Å². The summed E-state index contributed by atoms with van der Waals surface area (Å²) >= 11 is 0. The maximum Gasteiger partial charge on any atom is 0.269 e. The number of carbonyl (C=O) groups is 2. The van der Waals surface area contributed by atoms with E-state index in [2.05, 4.69) is 22.8 Å². The number of aryl methyl sites for hydroxylation is 1. The molecule has 0 fully saturated rings. The molecule has 1 aliphatic rings. The molecule has 3 N–H and O–H groups in total. The Kier molecular flexibility index (Phi) is 4.11. The van der Waals surface area contributed by atoms with Crippen molar-refractivity contribution in [3.8, 4) is 0 Å². The van der Waals surface area contributed by atoms with E-state index in [0.29, 0.717) is 11.5 Å². The quantitative estimate of drug-likeness (QED) is 0.746. The van der Waals surface area contributed by atoms with Crippen LogP contribution in [0.2, 0.25) is 0 Å². The lowest BCUT2D eigenvalue weighted by Gasteiger charge is -2.18. The third kappa shape index (κ3) is 3.09. The Balaban J connectivity index is 1.83. The van der Waals surface area contributed by atoms with Crippen molar-refractivity contribution >= 4 is 22.7 Å². The van der Waals surface area contributed by atoms with Gasteiger partial charge in [0.25, 0.3) is 5.91 Å². The van der Waals surface area contributed by atoms with E-state index >= 15 is 0 Å². The number of hydrazine groups is 1. The fourth-order valence-corrected chi connectivity index (χ4v) is 3.07. The molecule has 1 aromatic heterocycles. The van der Waals surface area contributed by atoms with Crippen LogP contribution in [0.5, 0.6) is 0 Å². The molecule has 0 bridgehead atoms. The molecule has 1 unspecified atom stereocenters. The summed E-state index contributed by atoms with van der Waals surface area (Å²) in [6, 6.07) is 5.64. The average Bonchev–Trinajstić information content (AvgIpc) is 2.89. The van der Waals surface area contributed by atoms with Gasteiger partial charge in [-0.15, -0.1) is 0 Å². The summed E-state index contributed by atoms with van der Waals surface area (Å²) in [5.41, 5.74) is 9.18. The monoisotopic (exact) mass is 313 g/mol. The largest absolute Gasteiger partial charge is 0.358 e. The number of nitrogens with one attached hydrogen (secondary N) is 3. The molecule has 1 atom stereocenters. The summed E-state index contributed by atoms with van der Waals surface area (Å²) in [5, 5.41) is 1.12. The molecule has 5 heteroatoms. The Labute approximate surface area is 135 Å². The number of aromatic nitrogens is 1. The minimum Gasteiger partial charge on any atom is -0.358 e. The first-order valence-electron chi connectivity index (χ1n) is 8.19. The molecule has 122 valence electrons. The zero-order valence-corrected chi connectivity index (χ0v) is 13.8. The SMILES string of the molecule is CC1CCc2[nH]c3ccc(C(=O)NNC(=O)C(C)C)cc3c2C1. The van der Waals surface area contributed by atoms with Crippen molar-refractivity contribution in [2.45, 2.75) is 40.0 Å². The predicted octanol–water partition coefficient (Wildman–Crippen LogP) is 2.71. The number of benzene rings is 1. The summed E-state index contributed by atoms with van der Waals surface area (Å²) in [5.74, 6) is 0.00672. The molecule has 1 aromatic carbocycles. The maximum atomic E-state index is 12.2. The van der Waals surface area contributed by atoms with Crippen molar-refractivity contribution in [1.29, 1.82) is 0 Å².